The monoisotopic (exact) mass is 288 g/mol. The van der Waals surface area contributed by atoms with Crippen LogP contribution in [-0.2, 0) is 9.53 Å². The third-order valence-corrected chi connectivity index (χ3v) is 3.01. The first-order valence-corrected chi connectivity index (χ1v) is 6.11. The predicted molar refractivity (Wildman–Crippen MR) is 70.9 cm³/mol. The summed E-state index contributed by atoms with van der Waals surface area (Å²) in [4.78, 5) is 11.6. The van der Waals surface area contributed by atoms with Crippen LogP contribution in [0.15, 0.2) is 6.07 Å². The van der Waals surface area contributed by atoms with Crippen molar-refractivity contribution in [1.82, 2.24) is 0 Å². The average molecular weight is 289 g/mol. The van der Waals surface area contributed by atoms with Gasteiger partial charge in [0.15, 0.2) is 17.6 Å². The summed E-state index contributed by atoms with van der Waals surface area (Å²) in [7, 11) is 2.91. The van der Waals surface area contributed by atoms with E-state index >= 15 is 0 Å². The molecule has 1 rings (SSSR count). The van der Waals surface area contributed by atoms with Crippen molar-refractivity contribution >= 4 is 17.6 Å². The van der Waals surface area contributed by atoms with Crippen molar-refractivity contribution < 1.29 is 24.1 Å². The van der Waals surface area contributed by atoms with E-state index in [-0.39, 0.29) is 22.9 Å². The topological polar surface area (TPSA) is 65.0 Å². The van der Waals surface area contributed by atoms with Crippen LogP contribution in [0, 0.1) is 6.92 Å². The maximum Gasteiger partial charge on any atom is 0.339 e. The largest absolute Gasteiger partial charge is 0.493 e. The molecule has 0 amide bonds. The minimum atomic E-state index is -1.45. The number of ether oxygens (including phenoxy) is 3. The fourth-order valence-corrected chi connectivity index (χ4v) is 2.18. The maximum atomic E-state index is 11.6. The summed E-state index contributed by atoms with van der Waals surface area (Å²) in [5.74, 6) is -0.0438. The van der Waals surface area contributed by atoms with Crippen LogP contribution in [0.4, 0.5) is 0 Å². The van der Waals surface area contributed by atoms with Gasteiger partial charge in [-0.3, -0.25) is 0 Å². The Balaban J connectivity index is 3.32. The van der Waals surface area contributed by atoms with Crippen LogP contribution in [0.5, 0.6) is 11.5 Å². The van der Waals surface area contributed by atoms with E-state index in [1.54, 1.807) is 19.9 Å². The van der Waals surface area contributed by atoms with Gasteiger partial charge in [0.05, 0.1) is 25.8 Å². The second-order valence-electron chi connectivity index (χ2n) is 3.81. The molecule has 1 aromatic rings. The number of aryl methyl sites for hydroxylation is 1. The molecule has 1 aromatic carbocycles. The second kappa shape index (κ2) is 6.63. The van der Waals surface area contributed by atoms with Gasteiger partial charge in [0.25, 0.3) is 0 Å². The number of carbonyl (C=O) groups is 1. The molecule has 0 fully saturated rings. The molecule has 1 N–H and O–H groups in total. The van der Waals surface area contributed by atoms with Crippen LogP contribution in [-0.4, -0.2) is 31.9 Å². The molecule has 106 valence electrons. The average Bonchev–Trinajstić information content (AvgIpc) is 2.38. The number of methoxy groups -OCH3 is 2. The first kappa shape index (κ1) is 15.6. The van der Waals surface area contributed by atoms with Gasteiger partial charge in [-0.15, -0.1) is 0 Å². The molecule has 0 saturated carbocycles. The fourth-order valence-electron chi connectivity index (χ4n) is 1.76. The molecule has 0 aromatic heterocycles. The zero-order valence-electron chi connectivity index (χ0n) is 11.3. The Hall–Kier alpha value is -1.46. The Kier molecular flexibility index (Phi) is 5.44. The van der Waals surface area contributed by atoms with Gasteiger partial charge >= 0.3 is 5.97 Å². The summed E-state index contributed by atoms with van der Waals surface area (Å²) in [5.41, 5.74) is 0.876. The fraction of sp³-hybridized carbons (Fsp3) is 0.462. The lowest BCUT2D eigenvalue weighted by Gasteiger charge is -2.18. The minimum Gasteiger partial charge on any atom is -0.493 e. The molecule has 0 aliphatic heterocycles. The number of halogens is 1. The van der Waals surface area contributed by atoms with E-state index in [2.05, 4.69) is 0 Å². The molecule has 0 heterocycles. The highest BCUT2D eigenvalue weighted by molar-refractivity contribution is 6.33. The van der Waals surface area contributed by atoms with Crippen molar-refractivity contribution in [3.05, 3.63) is 22.2 Å². The van der Waals surface area contributed by atoms with E-state index in [9.17, 15) is 9.90 Å². The maximum absolute atomic E-state index is 11.6. The van der Waals surface area contributed by atoms with Crippen LogP contribution >= 0.6 is 11.6 Å². The van der Waals surface area contributed by atoms with E-state index in [0.29, 0.717) is 11.3 Å². The molecule has 6 heteroatoms. The van der Waals surface area contributed by atoms with Crippen molar-refractivity contribution in [3.8, 4) is 11.5 Å². The summed E-state index contributed by atoms with van der Waals surface area (Å²) in [6.07, 6.45) is -1.45. The molecule has 1 unspecified atom stereocenters. The Morgan fingerprint density at radius 3 is 2.53 bits per heavy atom. The zero-order chi connectivity index (χ0) is 14.6. The molecule has 5 nitrogen and oxygen atoms in total. The van der Waals surface area contributed by atoms with E-state index < -0.39 is 12.1 Å². The number of rotatable bonds is 5. The van der Waals surface area contributed by atoms with Crippen molar-refractivity contribution in [1.29, 1.82) is 0 Å². The van der Waals surface area contributed by atoms with Crippen LogP contribution < -0.4 is 9.47 Å². The summed E-state index contributed by atoms with van der Waals surface area (Å²) in [6.45, 7) is 3.55. The van der Waals surface area contributed by atoms with Crippen LogP contribution in [0.1, 0.15) is 24.2 Å². The van der Waals surface area contributed by atoms with Gasteiger partial charge in [0.2, 0.25) is 0 Å². The summed E-state index contributed by atoms with van der Waals surface area (Å²) >= 11 is 6.16. The smallest absolute Gasteiger partial charge is 0.339 e. The number of esters is 1. The third-order valence-electron chi connectivity index (χ3n) is 2.64. The van der Waals surface area contributed by atoms with Gasteiger partial charge < -0.3 is 19.3 Å². The number of hydrogen-bond acceptors (Lipinski definition) is 5. The number of benzene rings is 1. The molecule has 1 atom stereocenters. The summed E-state index contributed by atoms with van der Waals surface area (Å²) < 4.78 is 15.0. The van der Waals surface area contributed by atoms with Crippen LogP contribution in [0.3, 0.4) is 0 Å². The van der Waals surface area contributed by atoms with Crippen LogP contribution in [0.25, 0.3) is 0 Å². The highest BCUT2D eigenvalue weighted by atomic mass is 35.5. The van der Waals surface area contributed by atoms with Crippen molar-refractivity contribution in [3.63, 3.8) is 0 Å². The lowest BCUT2D eigenvalue weighted by molar-refractivity contribution is -0.153. The molecule has 0 aliphatic carbocycles. The number of carbonyl (C=O) groups excluding carboxylic acids is 1. The highest BCUT2D eigenvalue weighted by Gasteiger charge is 2.27. The first-order valence-electron chi connectivity index (χ1n) is 5.73. The molecule has 0 bridgehead atoms. The van der Waals surface area contributed by atoms with Gasteiger partial charge in [-0.2, -0.15) is 0 Å². The van der Waals surface area contributed by atoms with Crippen molar-refractivity contribution in [2.45, 2.75) is 20.0 Å². The highest BCUT2D eigenvalue weighted by Crippen LogP contribution is 2.42. The SMILES string of the molecule is CCOC(=O)C(O)c1c(C)cc(OC)c(OC)c1Cl. The first-order chi connectivity index (χ1) is 8.97. The quantitative estimate of drug-likeness (QED) is 0.842. The predicted octanol–water partition coefficient (Wildman–Crippen LogP) is 2.26. The molecular formula is C13H17ClO5. The van der Waals surface area contributed by atoms with Crippen LogP contribution in [0.2, 0.25) is 5.02 Å². The van der Waals surface area contributed by atoms with Gasteiger partial charge in [-0.05, 0) is 25.5 Å². The Morgan fingerprint density at radius 2 is 2.05 bits per heavy atom. The van der Waals surface area contributed by atoms with E-state index in [1.165, 1.54) is 14.2 Å². The lowest BCUT2D eigenvalue weighted by Crippen LogP contribution is -2.17. The van der Waals surface area contributed by atoms with E-state index in [1.807, 2.05) is 0 Å². The molecule has 19 heavy (non-hydrogen) atoms. The molecular weight excluding hydrogens is 272 g/mol. The molecule has 0 spiro atoms. The third kappa shape index (κ3) is 3.11. The Bertz CT molecular complexity index is 473. The van der Waals surface area contributed by atoms with Gasteiger partial charge in [-0.25, -0.2) is 4.79 Å². The second-order valence-corrected chi connectivity index (χ2v) is 4.19. The Morgan fingerprint density at radius 1 is 1.42 bits per heavy atom. The van der Waals surface area contributed by atoms with E-state index in [0.717, 1.165) is 0 Å². The number of aliphatic hydroxyl groups excluding tert-OH is 1. The van der Waals surface area contributed by atoms with Crippen molar-refractivity contribution in [2.24, 2.45) is 0 Å². The lowest BCUT2D eigenvalue weighted by atomic mass is 10.0. The van der Waals surface area contributed by atoms with Crippen molar-refractivity contribution in [2.75, 3.05) is 20.8 Å². The number of hydrogen-bond donors (Lipinski definition) is 1. The normalized spacial score (nSPS) is 11.9. The van der Waals surface area contributed by atoms with Gasteiger partial charge in [0, 0.05) is 5.56 Å². The standard InChI is InChI=1S/C13H17ClO5/c1-5-19-13(16)11(15)9-7(2)6-8(17-3)12(18-4)10(9)14/h6,11,15H,5H2,1-4H3. The molecule has 0 radical (unpaired) electrons. The number of aliphatic hydroxyl groups is 1. The van der Waals surface area contributed by atoms with E-state index in [4.69, 9.17) is 25.8 Å². The van der Waals surface area contributed by atoms with Gasteiger partial charge in [-0.1, -0.05) is 11.6 Å². The zero-order valence-corrected chi connectivity index (χ0v) is 12.1. The van der Waals surface area contributed by atoms with Gasteiger partial charge in [0.1, 0.15) is 0 Å². The summed E-state index contributed by atoms with van der Waals surface area (Å²) in [6, 6.07) is 1.64. The molecule has 0 saturated heterocycles. The summed E-state index contributed by atoms with van der Waals surface area (Å²) in [5, 5.41) is 10.1. The minimum absolute atomic E-state index is 0.139. The molecule has 0 aliphatic rings. The Labute approximate surface area is 117 Å².